The van der Waals surface area contributed by atoms with Gasteiger partial charge in [-0.25, -0.2) is 0 Å². The van der Waals surface area contributed by atoms with Crippen LogP contribution in [0.2, 0.25) is 0 Å². The fraction of sp³-hybridized carbons (Fsp3) is 0.562. The minimum absolute atomic E-state index is 0.0526. The number of benzene rings is 1. The lowest BCUT2D eigenvalue weighted by Gasteiger charge is -2.30. The van der Waals surface area contributed by atoms with Crippen LogP contribution in [0.15, 0.2) is 6.07 Å². The molecule has 0 aliphatic heterocycles. The summed E-state index contributed by atoms with van der Waals surface area (Å²) in [5, 5.41) is 10.1. The number of carbonyl (C=O) groups excluding carboxylic acids is 1. The van der Waals surface area contributed by atoms with Crippen molar-refractivity contribution in [2.24, 2.45) is 0 Å². The highest BCUT2D eigenvalue weighted by Gasteiger charge is 2.28. The molecule has 1 rings (SSSR count). The van der Waals surface area contributed by atoms with Crippen molar-refractivity contribution in [1.82, 2.24) is 0 Å². The van der Waals surface area contributed by atoms with Crippen molar-refractivity contribution in [3.8, 4) is 5.75 Å². The van der Waals surface area contributed by atoms with Gasteiger partial charge in [0.2, 0.25) is 0 Å². The Morgan fingerprint density at radius 1 is 1.06 bits per heavy atom. The molecule has 0 aliphatic rings. The Bertz CT molecular complexity index is 471. The predicted octanol–water partition coefficient (Wildman–Crippen LogP) is 4.11. The number of phenols is 1. The first kappa shape index (κ1) is 14.7. The maximum atomic E-state index is 11.2. The largest absolute Gasteiger partial charge is 0.507 e. The van der Waals surface area contributed by atoms with Crippen LogP contribution >= 0.6 is 0 Å². The third-order valence-electron chi connectivity index (χ3n) is 3.28. The molecule has 1 N–H and O–H groups in total. The van der Waals surface area contributed by atoms with Gasteiger partial charge >= 0.3 is 0 Å². The summed E-state index contributed by atoms with van der Waals surface area (Å²) < 4.78 is 0. The molecular formula is C16H24O2. The van der Waals surface area contributed by atoms with E-state index >= 15 is 0 Å². The van der Waals surface area contributed by atoms with Gasteiger partial charge in [-0.1, -0.05) is 41.5 Å². The Balaban J connectivity index is 3.77. The van der Waals surface area contributed by atoms with E-state index in [2.05, 4.69) is 41.5 Å². The van der Waals surface area contributed by atoms with Crippen LogP contribution in [0.1, 0.15) is 68.6 Å². The molecule has 0 radical (unpaired) electrons. The molecule has 100 valence electrons. The lowest BCUT2D eigenvalue weighted by atomic mass is 9.74. The molecule has 0 spiro atoms. The van der Waals surface area contributed by atoms with E-state index in [-0.39, 0.29) is 16.6 Å². The highest BCUT2D eigenvalue weighted by molar-refractivity contribution is 5.83. The number of carbonyl (C=O) groups is 1. The van der Waals surface area contributed by atoms with Crippen molar-refractivity contribution in [1.29, 1.82) is 0 Å². The van der Waals surface area contributed by atoms with E-state index in [4.69, 9.17) is 0 Å². The average molecular weight is 248 g/mol. The molecule has 2 nitrogen and oxygen atoms in total. The molecule has 18 heavy (non-hydrogen) atoms. The second-order valence-electron chi connectivity index (χ2n) is 6.97. The van der Waals surface area contributed by atoms with E-state index < -0.39 is 0 Å². The minimum atomic E-state index is -0.168. The van der Waals surface area contributed by atoms with Gasteiger partial charge < -0.3 is 5.11 Å². The van der Waals surface area contributed by atoms with E-state index in [9.17, 15) is 9.90 Å². The third-order valence-corrected chi connectivity index (χ3v) is 3.28. The first-order chi connectivity index (χ1) is 8.00. The number of hydrogen-bond donors (Lipinski definition) is 1. The summed E-state index contributed by atoms with van der Waals surface area (Å²) in [6.07, 6.45) is 0.759. The van der Waals surface area contributed by atoms with Gasteiger partial charge in [0.05, 0.1) is 5.56 Å². The van der Waals surface area contributed by atoms with Crippen molar-refractivity contribution in [3.05, 3.63) is 28.3 Å². The standard InChI is InChI=1S/C16H24O2/c1-10-12(15(2,3)4)8-13(18)11(9-17)14(10)16(5,6)7/h8-9,18H,1-7H3. The smallest absolute Gasteiger partial charge is 0.154 e. The second-order valence-corrected chi connectivity index (χ2v) is 6.97. The van der Waals surface area contributed by atoms with Gasteiger partial charge in [0.1, 0.15) is 5.75 Å². The van der Waals surface area contributed by atoms with Crippen molar-refractivity contribution in [3.63, 3.8) is 0 Å². The van der Waals surface area contributed by atoms with Crippen LogP contribution in [0.4, 0.5) is 0 Å². The fourth-order valence-electron chi connectivity index (χ4n) is 2.65. The zero-order chi connectivity index (χ0) is 14.3. The molecule has 1 aromatic carbocycles. The topological polar surface area (TPSA) is 37.3 Å². The van der Waals surface area contributed by atoms with Gasteiger partial charge in [-0.2, -0.15) is 0 Å². The second kappa shape index (κ2) is 4.42. The maximum Gasteiger partial charge on any atom is 0.154 e. The van der Waals surface area contributed by atoms with Gasteiger partial charge in [0, 0.05) is 0 Å². The number of phenolic OH excluding ortho intramolecular Hbond substituents is 1. The molecule has 0 aliphatic carbocycles. The Labute approximate surface area is 110 Å². The van der Waals surface area contributed by atoms with Crippen LogP contribution in [0.25, 0.3) is 0 Å². The lowest BCUT2D eigenvalue weighted by Crippen LogP contribution is -2.21. The summed E-state index contributed by atoms with van der Waals surface area (Å²) in [5.74, 6) is 0.0884. The Kier molecular flexibility index (Phi) is 3.62. The molecule has 0 aromatic heterocycles. The number of hydrogen-bond acceptors (Lipinski definition) is 2. The number of aromatic hydroxyl groups is 1. The van der Waals surface area contributed by atoms with Crippen molar-refractivity contribution in [2.75, 3.05) is 0 Å². The first-order valence-electron chi connectivity index (χ1n) is 6.33. The summed E-state index contributed by atoms with van der Waals surface area (Å²) in [4.78, 5) is 11.2. The maximum absolute atomic E-state index is 11.2. The van der Waals surface area contributed by atoms with E-state index in [0.29, 0.717) is 5.56 Å². The average Bonchev–Trinajstić information content (AvgIpc) is 2.16. The minimum Gasteiger partial charge on any atom is -0.507 e. The number of rotatable bonds is 1. The summed E-state index contributed by atoms with van der Waals surface area (Å²) in [6, 6.07) is 1.73. The predicted molar refractivity (Wildman–Crippen MR) is 75.6 cm³/mol. The highest BCUT2D eigenvalue weighted by Crippen LogP contribution is 2.39. The van der Waals surface area contributed by atoms with Crippen molar-refractivity contribution >= 4 is 6.29 Å². The van der Waals surface area contributed by atoms with Crippen LogP contribution in [0.3, 0.4) is 0 Å². The van der Waals surface area contributed by atoms with Crippen LogP contribution in [-0.2, 0) is 10.8 Å². The molecule has 0 bridgehead atoms. The van der Waals surface area contributed by atoms with Gasteiger partial charge in [-0.05, 0) is 40.5 Å². The molecule has 2 heteroatoms. The first-order valence-corrected chi connectivity index (χ1v) is 6.33. The quantitative estimate of drug-likeness (QED) is 0.759. The fourth-order valence-corrected chi connectivity index (χ4v) is 2.65. The van der Waals surface area contributed by atoms with Crippen molar-refractivity contribution < 1.29 is 9.90 Å². The molecule has 0 amide bonds. The summed E-state index contributed by atoms with van der Waals surface area (Å²) in [6.45, 7) is 14.6. The van der Waals surface area contributed by atoms with Crippen LogP contribution in [-0.4, -0.2) is 11.4 Å². The SMILES string of the molecule is Cc1c(C(C)(C)C)cc(O)c(C=O)c1C(C)(C)C. The molecule has 0 atom stereocenters. The molecule has 0 unspecified atom stereocenters. The molecule has 1 aromatic rings. The molecule has 0 fully saturated rings. The van der Waals surface area contributed by atoms with Gasteiger partial charge in [-0.15, -0.1) is 0 Å². The van der Waals surface area contributed by atoms with Crippen LogP contribution < -0.4 is 0 Å². The van der Waals surface area contributed by atoms with E-state index in [1.54, 1.807) is 6.07 Å². The van der Waals surface area contributed by atoms with Gasteiger partial charge in [0.15, 0.2) is 6.29 Å². The van der Waals surface area contributed by atoms with E-state index in [0.717, 1.165) is 23.0 Å². The van der Waals surface area contributed by atoms with Crippen LogP contribution in [0.5, 0.6) is 5.75 Å². The van der Waals surface area contributed by atoms with Crippen molar-refractivity contribution in [2.45, 2.75) is 59.3 Å². The lowest BCUT2D eigenvalue weighted by molar-refractivity contribution is 0.111. The zero-order valence-corrected chi connectivity index (χ0v) is 12.5. The van der Waals surface area contributed by atoms with E-state index in [1.807, 2.05) is 6.92 Å². The Morgan fingerprint density at radius 2 is 1.56 bits per heavy atom. The van der Waals surface area contributed by atoms with Gasteiger partial charge in [0.25, 0.3) is 0 Å². The molecule has 0 heterocycles. The zero-order valence-electron chi connectivity index (χ0n) is 12.5. The normalized spacial score (nSPS) is 12.6. The van der Waals surface area contributed by atoms with Crippen LogP contribution in [0, 0.1) is 6.92 Å². The summed E-state index contributed by atoms with van der Waals surface area (Å²) in [5.41, 5.74) is 3.35. The Hall–Kier alpha value is -1.31. The monoisotopic (exact) mass is 248 g/mol. The summed E-state index contributed by atoms with van der Waals surface area (Å²) >= 11 is 0. The third kappa shape index (κ3) is 2.58. The molecule has 0 saturated heterocycles. The highest BCUT2D eigenvalue weighted by atomic mass is 16.3. The number of aldehydes is 1. The Morgan fingerprint density at radius 3 is 1.89 bits per heavy atom. The molecular weight excluding hydrogens is 224 g/mol. The van der Waals surface area contributed by atoms with Gasteiger partial charge in [-0.3, -0.25) is 4.79 Å². The summed E-state index contributed by atoms with van der Waals surface area (Å²) in [7, 11) is 0. The van der Waals surface area contributed by atoms with E-state index in [1.165, 1.54) is 0 Å². The molecule has 0 saturated carbocycles.